The molecule has 0 aliphatic carbocycles. The molecule has 1 aliphatic rings. The average Bonchev–Trinajstić information content (AvgIpc) is 2.62. The number of carbonyl (C=O) groups is 1. The van der Waals surface area contributed by atoms with Crippen molar-refractivity contribution in [1.29, 1.82) is 0 Å². The van der Waals surface area contributed by atoms with E-state index >= 15 is 0 Å². The molecule has 1 atom stereocenters. The van der Waals surface area contributed by atoms with E-state index in [0.29, 0.717) is 25.3 Å². The number of ether oxygens (including phenoxy) is 2. The van der Waals surface area contributed by atoms with Crippen molar-refractivity contribution in [3.63, 3.8) is 0 Å². The van der Waals surface area contributed by atoms with E-state index < -0.39 is 0 Å². The van der Waals surface area contributed by atoms with Crippen LogP contribution in [0.1, 0.15) is 36.0 Å². The molecule has 2 heterocycles. The second kappa shape index (κ2) is 7.40. The molecule has 0 spiro atoms. The first kappa shape index (κ1) is 16.4. The predicted molar refractivity (Wildman–Crippen MR) is 88.8 cm³/mol. The molecule has 6 nitrogen and oxygen atoms in total. The maximum absolute atomic E-state index is 12.7. The fraction of sp³-hybridized carbons (Fsp3) is 0.389. The van der Waals surface area contributed by atoms with Crippen molar-refractivity contribution in [3.05, 3.63) is 54.1 Å². The Hall–Kier alpha value is -2.47. The first-order chi connectivity index (χ1) is 11.6. The summed E-state index contributed by atoms with van der Waals surface area (Å²) in [5, 5.41) is 0. The van der Waals surface area contributed by atoms with Crippen molar-refractivity contribution in [3.8, 4) is 5.75 Å². The van der Waals surface area contributed by atoms with Gasteiger partial charge in [0.2, 0.25) is 0 Å². The summed E-state index contributed by atoms with van der Waals surface area (Å²) in [5.41, 5.74) is 1.39. The van der Waals surface area contributed by atoms with Crippen LogP contribution in [0, 0.1) is 0 Å². The summed E-state index contributed by atoms with van der Waals surface area (Å²) in [6, 6.07) is 7.25. The van der Waals surface area contributed by atoms with Crippen LogP contribution in [-0.4, -0.2) is 46.6 Å². The Morgan fingerprint density at radius 2 is 2.08 bits per heavy atom. The minimum Gasteiger partial charge on any atom is -0.491 e. The highest BCUT2D eigenvalue weighted by molar-refractivity contribution is 5.94. The fourth-order valence-electron chi connectivity index (χ4n) is 2.62. The first-order valence-electron chi connectivity index (χ1n) is 8.07. The van der Waals surface area contributed by atoms with E-state index in [1.807, 2.05) is 26.0 Å². The summed E-state index contributed by atoms with van der Waals surface area (Å²) in [4.78, 5) is 22.8. The van der Waals surface area contributed by atoms with Crippen LogP contribution in [0.2, 0.25) is 0 Å². The molecule has 6 heteroatoms. The van der Waals surface area contributed by atoms with Crippen molar-refractivity contribution < 1.29 is 14.3 Å². The third-order valence-electron chi connectivity index (χ3n) is 3.74. The number of hydrogen-bond acceptors (Lipinski definition) is 5. The lowest BCUT2D eigenvalue weighted by molar-refractivity contribution is -0.0249. The zero-order valence-corrected chi connectivity index (χ0v) is 13.9. The third kappa shape index (κ3) is 3.89. The summed E-state index contributed by atoms with van der Waals surface area (Å²) < 4.78 is 11.3. The highest BCUT2D eigenvalue weighted by atomic mass is 16.5. The molecule has 1 fully saturated rings. The van der Waals surface area contributed by atoms with Gasteiger partial charge in [-0.1, -0.05) is 0 Å². The molecule has 1 saturated heterocycles. The lowest BCUT2D eigenvalue weighted by Gasteiger charge is -2.32. The van der Waals surface area contributed by atoms with Gasteiger partial charge in [-0.3, -0.25) is 14.8 Å². The molecule has 3 rings (SSSR count). The number of rotatable bonds is 4. The van der Waals surface area contributed by atoms with E-state index in [4.69, 9.17) is 9.47 Å². The zero-order valence-electron chi connectivity index (χ0n) is 13.9. The Bertz CT molecular complexity index is 674. The van der Waals surface area contributed by atoms with Crippen molar-refractivity contribution in [2.45, 2.75) is 26.1 Å². The number of morpholine rings is 1. The third-order valence-corrected chi connectivity index (χ3v) is 3.74. The number of hydrogen-bond donors (Lipinski definition) is 0. The van der Waals surface area contributed by atoms with Crippen LogP contribution in [0.15, 0.2) is 42.9 Å². The van der Waals surface area contributed by atoms with E-state index in [1.54, 1.807) is 35.6 Å². The maximum Gasteiger partial charge on any atom is 0.254 e. The van der Waals surface area contributed by atoms with Gasteiger partial charge < -0.3 is 14.4 Å². The van der Waals surface area contributed by atoms with E-state index in [2.05, 4.69) is 9.97 Å². The molecule has 1 aromatic heterocycles. The van der Waals surface area contributed by atoms with Gasteiger partial charge in [0.1, 0.15) is 11.9 Å². The molecule has 0 bridgehead atoms. The van der Waals surface area contributed by atoms with Gasteiger partial charge >= 0.3 is 0 Å². The maximum atomic E-state index is 12.7. The van der Waals surface area contributed by atoms with Crippen LogP contribution in [0.5, 0.6) is 5.75 Å². The molecule has 1 amide bonds. The fourth-order valence-corrected chi connectivity index (χ4v) is 2.62. The second-order valence-electron chi connectivity index (χ2n) is 5.93. The second-order valence-corrected chi connectivity index (χ2v) is 5.93. The van der Waals surface area contributed by atoms with Gasteiger partial charge in [-0.2, -0.15) is 0 Å². The summed E-state index contributed by atoms with van der Waals surface area (Å²) in [6.45, 7) is 5.47. The van der Waals surface area contributed by atoms with Crippen molar-refractivity contribution in [1.82, 2.24) is 14.9 Å². The molecular formula is C18H21N3O3. The highest BCUT2D eigenvalue weighted by Gasteiger charge is 2.27. The van der Waals surface area contributed by atoms with Gasteiger partial charge in [0.05, 0.1) is 31.1 Å². The molecule has 1 unspecified atom stereocenters. The summed E-state index contributed by atoms with van der Waals surface area (Å²) in [5.74, 6) is 0.754. The summed E-state index contributed by atoms with van der Waals surface area (Å²) >= 11 is 0. The van der Waals surface area contributed by atoms with Crippen LogP contribution < -0.4 is 4.74 Å². The number of amides is 1. The average molecular weight is 327 g/mol. The molecule has 0 radical (unpaired) electrons. The molecule has 24 heavy (non-hydrogen) atoms. The SMILES string of the molecule is CC(C)Oc1ccc(C(=O)N2CCOC(c3cnccn3)C2)cc1. The number of nitrogens with zero attached hydrogens (tertiary/aromatic N) is 3. The highest BCUT2D eigenvalue weighted by Crippen LogP contribution is 2.22. The largest absolute Gasteiger partial charge is 0.491 e. The van der Waals surface area contributed by atoms with Gasteiger partial charge in [0.25, 0.3) is 5.91 Å². The monoisotopic (exact) mass is 327 g/mol. The van der Waals surface area contributed by atoms with Crippen LogP contribution in [0.4, 0.5) is 0 Å². The summed E-state index contributed by atoms with van der Waals surface area (Å²) in [6.07, 6.45) is 4.80. The van der Waals surface area contributed by atoms with E-state index in [0.717, 1.165) is 11.4 Å². The molecule has 0 saturated carbocycles. The van der Waals surface area contributed by atoms with Gasteiger partial charge in [-0.15, -0.1) is 0 Å². The molecule has 2 aromatic rings. The smallest absolute Gasteiger partial charge is 0.254 e. The van der Waals surface area contributed by atoms with Gasteiger partial charge in [0, 0.05) is 24.5 Å². The minimum absolute atomic E-state index is 0.0108. The standard InChI is InChI=1S/C18H21N3O3/c1-13(2)24-15-5-3-14(4-6-15)18(22)21-9-10-23-17(12-21)16-11-19-7-8-20-16/h3-8,11,13,17H,9-10,12H2,1-2H3. The van der Waals surface area contributed by atoms with Gasteiger partial charge in [-0.05, 0) is 38.1 Å². The van der Waals surface area contributed by atoms with Crippen molar-refractivity contribution in [2.24, 2.45) is 0 Å². The molecular weight excluding hydrogens is 306 g/mol. The lowest BCUT2D eigenvalue weighted by Crippen LogP contribution is -2.42. The lowest BCUT2D eigenvalue weighted by atomic mass is 10.1. The Morgan fingerprint density at radius 1 is 1.29 bits per heavy atom. The molecule has 1 aliphatic heterocycles. The van der Waals surface area contributed by atoms with Gasteiger partial charge in [-0.25, -0.2) is 0 Å². The predicted octanol–water partition coefficient (Wildman–Crippen LogP) is 2.48. The normalized spacial score (nSPS) is 17.8. The Balaban J connectivity index is 1.68. The topological polar surface area (TPSA) is 64.5 Å². The Kier molecular flexibility index (Phi) is 5.05. The minimum atomic E-state index is -0.236. The van der Waals surface area contributed by atoms with Crippen LogP contribution in [0.3, 0.4) is 0 Å². The van der Waals surface area contributed by atoms with E-state index in [-0.39, 0.29) is 18.1 Å². The van der Waals surface area contributed by atoms with Crippen LogP contribution in [0.25, 0.3) is 0 Å². The quantitative estimate of drug-likeness (QED) is 0.863. The number of benzene rings is 1. The van der Waals surface area contributed by atoms with Crippen LogP contribution >= 0.6 is 0 Å². The van der Waals surface area contributed by atoms with Crippen LogP contribution in [-0.2, 0) is 4.74 Å². The van der Waals surface area contributed by atoms with E-state index in [1.165, 1.54) is 0 Å². The van der Waals surface area contributed by atoms with Gasteiger partial charge in [0.15, 0.2) is 0 Å². The van der Waals surface area contributed by atoms with Crippen molar-refractivity contribution in [2.75, 3.05) is 19.7 Å². The first-order valence-corrected chi connectivity index (χ1v) is 8.07. The summed E-state index contributed by atoms with van der Waals surface area (Å²) in [7, 11) is 0. The molecule has 1 aromatic carbocycles. The van der Waals surface area contributed by atoms with Crippen molar-refractivity contribution >= 4 is 5.91 Å². The number of aromatic nitrogens is 2. The zero-order chi connectivity index (χ0) is 16.9. The Morgan fingerprint density at radius 3 is 2.75 bits per heavy atom. The van der Waals surface area contributed by atoms with E-state index in [9.17, 15) is 4.79 Å². The molecule has 0 N–H and O–H groups in total. The Labute approximate surface area is 141 Å². The molecule has 126 valence electrons. The number of carbonyl (C=O) groups excluding carboxylic acids is 1.